The van der Waals surface area contributed by atoms with E-state index in [-0.39, 0.29) is 11.2 Å². The highest BCUT2D eigenvalue weighted by atomic mass is 79.9. The minimum Gasteiger partial charge on any atom is -0.369 e. The summed E-state index contributed by atoms with van der Waals surface area (Å²) >= 11 is 2.84. The highest BCUT2D eigenvalue weighted by molar-refractivity contribution is 9.09. The number of alkyl halides is 1. The summed E-state index contributed by atoms with van der Waals surface area (Å²) in [5.41, 5.74) is 1.68. The summed E-state index contributed by atoms with van der Waals surface area (Å²) in [7, 11) is 0. The Morgan fingerprint density at radius 3 is 3.00 bits per heavy atom. The Morgan fingerprint density at radius 2 is 3.00 bits per heavy atom. The Hall–Kier alpha value is -0.0500. The third kappa shape index (κ3) is 3.95. The van der Waals surface area contributed by atoms with E-state index >= 15 is 0 Å². The maximum Gasteiger partial charge on any atom is 0.228 e. The molecule has 0 aliphatic carbocycles. The molecule has 0 aromatic rings. The molecular formula is C2H4BrNO. The molecule has 0 spiro atoms. The van der Waals surface area contributed by atoms with Gasteiger partial charge in [0.05, 0.1) is 5.33 Å². The van der Waals surface area contributed by atoms with E-state index in [4.69, 9.17) is 1.41 Å². The van der Waals surface area contributed by atoms with Crippen molar-refractivity contribution in [1.82, 2.24) is 0 Å². The molecule has 0 aromatic heterocycles. The van der Waals surface area contributed by atoms with Crippen LogP contribution >= 0.6 is 15.9 Å². The highest BCUT2D eigenvalue weighted by Gasteiger charge is 1.79. The van der Waals surface area contributed by atoms with Crippen molar-refractivity contribution in [1.29, 1.82) is 0 Å². The van der Waals surface area contributed by atoms with Crippen LogP contribution in [0.25, 0.3) is 0 Å². The fourth-order valence-electron chi connectivity index (χ4n) is 0. The summed E-state index contributed by atoms with van der Waals surface area (Å²) in [6.07, 6.45) is 0. The highest BCUT2D eigenvalue weighted by Crippen LogP contribution is 1.71. The van der Waals surface area contributed by atoms with Crippen LogP contribution in [0.1, 0.15) is 0 Å². The van der Waals surface area contributed by atoms with Gasteiger partial charge in [-0.2, -0.15) is 0 Å². The Bertz CT molecular complexity index is 51.5. The van der Waals surface area contributed by atoms with Crippen LogP contribution in [0.15, 0.2) is 0 Å². The molecule has 0 heterocycles. The molecule has 0 rings (SSSR count). The zero-order valence-electron chi connectivity index (χ0n) is 3.49. The van der Waals surface area contributed by atoms with Gasteiger partial charge in [0.25, 0.3) is 0 Å². The van der Waals surface area contributed by atoms with Gasteiger partial charge in [0.15, 0.2) is 1.41 Å². The number of carbonyl (C=O) groups excluding carboxylic acids is 1. The van der Waals surface area contributed by atoms with E-state index in [2.05, 4.69) is 15.9 Å². The second-order valence-corrected chi connectivity index (χ2v) is 1.12. The van der Waals surface area contributed by atoms with Crippen molar-refractivity contribution in [2.45, 2.75) is 0 Å². The summed E-state index contributed by atoms with van der Waals surface area (Å²) in [5, 5.41) is 0.205. The Kier molecular flexibility index (Phi) is 1.39. The maximum absolute atomic E-state index is 9.84. The van der Waals surface area contributed by atoms with E-state index in [1.165, 1.54) is 0 Å². The van der Waals surface area contributed by atoms with Crippen molar-refractivity contribution in [2.24, 2.45) is 5.73 Å². The van der Waals surface area contributed by atoms with E-state index in [1.807, 2.05) is 0 Å². The lowest BCUT2D eigenvalue weighted by Crippen LogP contribution is -2.10. The lowest BCUT2D eigenvalue weighted by molar-refractivity contribution is -0.115. The molecule has 0 saturated carbocycles. The SMILES string of the molecule is [2H]NC(=O)CBr. The first-order valence-corrected chi connectivity index (χ1v) is 2.20. The normalized spacial score (nSPS) is 9.40. The average molecular weight is 139 g/mol. The first-order valence-electron chi connectivity index (χ1n) is 1.57. The Labute approximate surface area is 39.9 Å². The molecule has 2 nitrogen and oxygen atoms in total. The van der Waals surface area contributed by atoms with Crippen LogP contribution in [0.5, 0.6) is 0 Å². The molecule has 0 aromatic carbocycles. The van der Waals surface area contributed by atoms with Gasteiger partial charge < -0.3 is 5.73 Å². The summed E-state index contributed by atoms with van der Waals surface area (Å²) < 4.78 is 6.18. The monoisotopic (exact) mass is 138 g/mol. The molecule has 0 aliphatic heterocycles. The summed E-state index contributed by atoms with van der Waals surface area (Å²) in [6.45, 7) is 0. The molecule has 0 fully saturated rings. The fourth-order valence-corrected chi connectivity index (χ4v) is 0. The smallest absolute Gasteiger partial charge is 0.228 e. The number of halogens is 1. The van der Waals surface area contributed by atoms with Gasteiger partial charge in [0, 0.05) is 0 Å². The summed E-state index contributed by atoms with van der Waals surface area (Å²) in [5.74, 6) is -0.324. The average Bonchev–Trinajstić information content (AvgIpc) is 1.65. The third-order valence-electron chi connectivity index (χ3n) is 0.121. The third-order valence-corrected chi connectivity index (χ3v) is 0.631. The first-order chi connectivity index (χ1) is 2.81. The zero-order chi connectivity index (χ0) is 4.99. The van der Waals surface area contributed by atoms with Crippen molar-refractivity contribution in [3.05, 3.63) is 0 Å². The van der Waals surface area contributed by atoms with Crippen LogP contribution in [-0.2, 0) is 4.79 Å². The van der Waals surface area contributed by atoms with Crippen LogP contribution in [0.3, 0.4) is 0 Å². The maximum atomic E-state index is 9.84. The molecular weight excluding hydrogens is 134 g/mol. The number of primary amides is 1. The predicted molar refractivity (Wildman–Crippen MR) is 23.0 cm³/mol. The molecule has 0 unspecified atom stereocenters. The number of amides is 1. The van der Waals surface area contributed by atoms with E-state index in [1.54, 1.807) is 5.73 Å². The molecule has 0 atom stereocenters. The van der Waals surface area contributed by atoms with Crippen molar-refractivity contribution < 1.29 is 6.21 Å². The Morgan fingerprint density at radius 1 is 2.40 bits per heavy atom. The second-order valence-electron chi connectivity index (χ2n) is 0.557. The van der Waals surface area contributed by atoms with Gasteiger partial charge in [-0.25, -0.2) is 0 Å². The fraction of sp³-hybridized carbons (Fsp3) is 0.500. The molecule has 2 N–H and O–H groups in total. The predicted octanol–water partition coefficient (Wildman–Crippen LogP) is -0.133. The number of hydrogen-bond donors (Lipinski definition) is 1. The number of rotatable bonds is 1. The standard InChI is InChI=1S/C2H4BrNO/c3-1-2(4)5/h1H2,(H2,4,5)/i/hD. The largest absolute Gasteiger partial charge is 0.369 e. The molecule has 0 radical (unpaired) electrons. The Balaban J connectivity index is 2.99. The molecule has 3 heteroatoms. The minimum atomic E-state index is -0.324. The van der Waals surface area contributed by atoms with Crippen LogP contribution in [0.2, 0.25) is 1.41 Å². The van der Waals surface area contributed by atoms with Crippen molar-refractivity contribution in [2.75, 3.05) is 5.33 Å². The molecule has 5 heavy (non-hydrogen) atoms. The van der Waals surface area contributed by atoms with Gasteiger partial charge in [-0.3, -0.25) is 4.79 Å². The first kappa shape index (κ1) is 3.15. The number of hydrogen-bond acceptors (Lipinski definition) is 1. The number of carbonyl (C=O) groups is 1. The minimum absolute atomic E-state index is 0.205. The van der Waals surface area contributed by atoms with Gasteiger partial charge in [-0.1, -0.05) is 15.9 Å². The molecule has 0 saturated heterocycles. The summed E-state index contributed by atoms with van der Waals surface area (Å²) in [4.78, 5) is 9.84. The number of nitrogens with two attached hydrogens (primary N) is 1. The second kappa shape index (κ2) is 2.20. The molecule has 1 amide bonds. The molecule has 30 valence electrons. The van der Waals surface area contributed by atoms with E-state index in [9.17, 15) is 4.79 Å². The van der Waals surface area contributed by atoms with Crippen LogP contribution < -0.4 is 5.73 Å². The van der Waals surface area contributed by atoms with Gasteiger partial charge in [-0.05, 0) is 0 Å². The van der Waals surface area contributed by atoms with Crippen molar-refractivity contribution in [3.8, 4) is 0 Å². The van der Waals surface area contributed by atoms with E-state index < -0.39 is 0 Å². The molecule has 0 bridgehead atoms. The zero-order valence-corrected chi connectivity index (χ0v) is 4.08. The summed E-state index contributed by atoms with van der Waals surface area (Å²) in [6, 6.07) is 0. The topological polar surface area (TPSA) is 43.1 Å². The van der Waals surface area contributed by atoms with Crippen LogP contribution in [0, 0.1) is 0 Å². The van der Waals surface area contributed by atoms with E-state index in [0.717, 1.165) is 0 Å². The van der Waals surface area contributed by atoms with E-state index in [0.29, 0.717) is 0 Å². The van der Waals surface area contributed by atoms with Crippen molar-refractivity contribution >= 4 is 21.8 Å². The molecule has 0 aliphatic rings. The van der Waals surface area contributed by atoms with Gasteiger partial charge in [0.2, 0.25) is 5.91 Å². The lowest BCUT2D eigenvalue weighted by atomic mass is 10.8. The van der Waals surface area contributed by atoms with Gasteiger partial charge in [0.1, 0.15) is 0 Å². The van der Waals surface area contributed by atoms with Crippen LogP contribution in [-0.4, -0.2) is 11.2 Å². The van der Waals surface area contributed by atoms with Gasteiger partial charge >= 0.3 is 0 Å². The quantitative estimate of drug-likeness (QED) is 0.505. The van der Waals surface area contributed by atoms with Crippen LogP contribution in [0.4, 0.5) is 0 Å². The van der Waals surface area contributed by atoms with Crippen molar-refractivity contribution in [3.63, 3.8) is 0 Å². The lowest BCUT2D eigenvalue weighted by Gasteiger charge is -1.71. The van der Waals surface area contributed by atoms with Gasteiger partial charge in [-0.15, -0.1) is 0 Å².